The number of nitrogens with one attached hydrogen (secondary N) is 1. The van der Waals surface area contributed by atoms with E-state index in [9.17, 15) is 0 Å². The first-order chi connectivity index (χ1) is 12.1. The molecule has 0 atom stereocenters. The average Bonchev–Trinajstić information content (AvgIpc) is 2.62. The van der Waals surface area contributed by atoms with Gasteiger partial charge in [0.25, 0.3) is 0 Å². The monoisotopic (exact) mass is 476 g/mol. The van der Waals surface area contributed by atoms with Gasteiger partial charge in [-0.3, -0.25) is 0 Å². The number of likely N-dealkylation sites (N-methyl/N-ethyl adjacent to an activating group) is 1. The summed E-state index contributed by atoms with van der Waals surface area (Å²) >= 11 is 3.56. The van der Waals surface area contributed by atoms with Crippen molar-refractivity contribution >= 4 is 40.7 Å². The van der Waals surface area contributed by atoms with E-state index in [2.05, 4.69) is 77.2 Å². The molecular formula is C21H31BrCl2N2O. The Kier molecular flexibility index (Phi) is 13.8. The summed E-state index contributed by atoms with van der Waals surface area (Å²) in [4.78, 5) is 2.42. The highest BCUT2D eigenvalue weighted by molar-refractivity contribution is 9.10. The van der Waals surface area contributed by atoms with E-state index in [-0.39, 0.29) is 24.8 Å². The van der Waals surface area contributed by atoms with Crippen molar-refractivity contribution in [3.05, 3.63) is 63.6 Å². The number of benzene rings is 2. The molecule has 0 unspecified atom stereocenters. The van der Waals surface area contributed by atoms with Crippen LogP contribution in [0.25, 0.3) is 0 Å². The molecule has 152 valence electrons. The van der Waals surface area contributed by atoms with Crippen molar-refractivity contribution in [2.45, 2.75) is 33.9 Å². The van der Waals surface area contributed by atoms with Crippen molar-refractivity contribution in [1.82, 2.24) is 10.2 Å². The lowest BCUT2D eigenvalue weighted by Crippen LogP contribution is -2.31. The van der Waals surface area contributed by atoms with Crippen LogP contribution in [-0.4, -0.2) is 31.1 Å². The van der Waals surface area contributed by atoms with Crippen LogP contribution in [0.15, 0.2) is 46.9 Å². The van der Waals surface area contributed by atoms with Crippen LogP contribution in [0.5, 0.6) is 5.75 Å². The number of hydrogen-bond acceptors (Lipinski definition) is 3. The van der Waals surface area contributed by atoms with Gasteiger partial charge in [0.2, 0.25) is 0 Å². The van der Waals surface area contributed by atoms with Crippen molar-refractivity contribution in [3.63, 3.8) is 0 Å². The molecule has 2 rings (SSSR count). The van der Waals surface area contributed by atoms with E-state index >= 15 is 0 Å². The Balaban J connectivity index is 0.00000338. The fourth-order valence-corrected chi connectivity index (χ4v) is 3.08. The minimum atomic E-state index is 0. The second-order valence-corrected chi connectivity index (χ2v) is 7.15. The van der Waals surface area contributed by atoms with Gasteiger partial charge in [0, 0.05) is 29.7 Å². The van der Waals surface area contributed by atoms with Gasteiger partial charge in [0.15, 0.2) is 0 Å². The molecule has 3 nitrogen and oxygen atoms in total. The van der Waals surface area contributed by atoms with E-state index in [1.807, 2.05) is 12.1 Å². The lowest BCUT2D eigenvalue weighted by molar-refractivity contribution is 0.295. The molecule has 27 heavy (non-hydrogen) atoms. The third-order valence-corrected chi connectivity index (χ3v) is 4.85. The molecule has 0 aromatic heterocycles. The largest absolute Gasteiger partial charge is 0.489 e. The quantitative estimate of drug-likeness (QED) is 0.450. The van der Waals surface area contributed by atoms with Gasteiger partial charge in [0.05, 0.1) is 0 Å². The molecule has 0 aliphatic carbocycles. The molecule has 0 saturated heterocycles. The number of nitrogens with zero attached hydrogens (tertiary/aromatic N) is 1. The molecule has 2 aromatic carbocycles. The fraction of sp³-hybridized carbons (Fsp3) is 0.429. The highest BCUT2D eigenvalue weighted by Gasteiger charge is 2.06. The molecule has 0 saturated carbocycles. The molecular weight excluding hydrogens is 447 g/mol. The number of hydrogen-bond donors (Lipinski definition) is 1. The first kappa shape index (κ1) is 26.2. The van der Waals surface area contributed by atoms with Gasteiger partial charge in [-0.2, -0.15) is 0 Å². The molecule has 0 spiro atoms. The minimum absolute atomic E-state index is 0. The van der Waals surface area contributed by atoms with Crippen molar-refractivity contribution in [2.24, 2.45) is 0 Å². The zero-order chi connectivity index (χ0) is 18.1. The van der Waals surface area contributed by atoms with Crippen LogP contribution in [0.1, 0.15) is 30.5 Å². The molecule has 0 heterocycles. The van der Waals surface area contributed by atoms with Gasteiger partial charge in [0.1, 0.15) is 12.4 Å². The van der Waals surface area contributed by atoms with Gasteiger partial charge in [-0.15, -0.1) is 24.8 Å². The van der Waals surface area contributed by atoms with Crippen LogP contribution < -0.4 is 10.1 Å². The smallest absolute Gasteiger partial charge is 0.124 e. The normalized spacial score (nSPS) is 10.3. The summed E-state index contributed by atoms with van der Waals surface area (Å²) in [5, 5.41) is 3.53. The van der Waals surface area contributed by atoms with E-state index < -0.39 is 0 Å². The van der Waals surface area contributed by atoms with E-state index in [0.29, 0.717) is 6.61 Å². The third kappa shape index (κ3) is 9.31. The molecule has 0 aliphatic rings. The Bertz CT molecular complexity index is 649. The molecule has 6 heteroatoms. The summed E-state index contributed by atoms with van der Waals surface area (Å²) < 4.78 is 7.15. The van der Waals surface area contributed by atoms with E-state index in [1.165, 1.54) is 16.7 Å². The lowest BCUT2D eigenvalue weighted by atomic mass is 10.1. The van der Waals surface area contributed by atoms with Crippen molar-refractivity contribution in [2.75, 3.05) is 26.2 Å². The standard InChI is InChI=1S/C21H29BrN2O.2ClH/c1-4-24(5-2)13-12-23-15-19-14-20(22)10-11-21(19)25-16-18-8-6-17(3)7-9-18;;/h6-11,14,23H,4-5,12-13,15-16H2,1-3H3;2*1H. The molecule has 1 N–H and O–H groups in total. The summed E-state index contributed by atoms with van der Waals surface area (Å²) in [6.45, 7) is 12.1. The van der Waals surface area contributed by atoms with Crippen LogP contribution in [-0.2, 0) is 13.2 Å². The van der Waals surface area contributed by atoms with Gasteiger partial charge >= 0.3 is 0 Å². The summed E-state index contributed by atoms with van der Waals surface area (Å²) in [5.41, 5.74) is 3.64. The first-order valence-electron chi connectivity index (χ1n) is 9.02. The molecule has 2 aromatic rings. The van der Waals surface area contributed by atoms with Crippen LogP contribution >= 0.6 is 40.7 Å². The molecule has 0 fully saturated rings. The topological polar surface area (TPSA) is 24.5 Å². The third-order valence-electron chi connectivity index (χ3n) is 4.35. The maximum atomic E-state index is 6.07. The first-order valence-corrected chi connectivity index (χ1v) is 9.81. The fourth-order valence-electron chi connectivity index (χ4n) is 2.67. The molecule has 0 amide bonds. The summed E-state index contributed by atoms with van der Waals surface area (Å²) in [7, 11) is 0. The van der Waals surface area contributed by atoms with Crippen LogP contribution in [0.4, 0.5) is 0 Å². The predicted molar refractivity (Wildman–Crippen MR) is 124 cm³/mol. The summed E-state index contributed by atoms with van der Waals surface area (Å²) in [6, 6.07) is 14.7. The maximum Gasteiger partial charge on any atom is 0.124 e. The lowest BCUT2D eigenvalue weighted by Gasteiger charge is -2.18. The van der Waals surface area contributed by atoms with Crippen molar-refractivity contribution in [1.29, 1.82) is 0 Å². The van der Waals surface area contributed by atoms with E-state index in [1.54, 1.807) is 0 Å². The summed E-state index contributed by atoms with van der Waals surface area (Å²) in [5.74, 6) is 0.944. The maximum absolute atomic E-state index is 6.07. The predicted octanol–water partition coefficient (Wildman–Crippen LogP) is 5.61. The highest BCUT2D eigenvalue weighted by atomic mass is 79.9. The number of aryl methyl sites for hydroxylation is 1. The van der Waals surface area contributed by atoms with Gasteiger partial charge in [-0.1, -0.05) is 59.6 Å². The molecule has 0 aliphatic heterocycles. The minimum Gasteiger partial charge on any atom is -0.489 e. The SMILES string of the molecule is CCN(CC)CCNCc1cc(Br)ccc1OCc1ccc(C)cc1.Cl.Cl. The van der Waals surface area contributed by atoms with Gasteiger partial charge < -0.3 is 15.0 Å². The van der Waals surface area contributed by atoms with Crippen LogP contribution in [0.2, 0.25) is 0 Å². The van der Waals surface area contributed by atoms with Gasteiger partial charge in [-0.05, 0) is 43.8 Å². The zero-order valence-electron chi connectivity index (χ0n) is 16.3. The Morgan fingerprint density at radius 3 is 2.30 bits per heavy atom. The van der Waals surface area contributed by atoms with E-state index in [4.69, 9.17) is 4.74 Å². The molecule has 0 bridgehead atoms. The number of halogens is 3. The van der Waals surface area contributed by atoms with Crippen LogP contribution in [0, 0.1) is 6.92 Å². The number of rotatable bonds is 10. The highest BCUT2D eigenvalue weighted by Crippen LogP contribution is 2.24. The average molecular weight is 478 g/mol. The Morgan fingerprint density at radius 2 is 1.67 bits per heavy atom. The Morgan fingerprint density at radius 1 is 1.00 bits per heavy atom. The Labute approximate surface area is 184 Å². The Hall–Kier alpha value is -0.780. The molecule has 0 radical (unpaired) electrons. The van der Waals surface area contributed by atoms with Crippen molar-refractivity contribution in [3.8, 4) is 5.75 Å². The summed E-state index contributed by atoms with van der Waals surface area (Å²) in [6.07, 6.45) is 0. The zero-order valence-corrected chi connectivity index (χ0v) is 19.6. The second-order valence-electron chi connectivity index (χ2n) is 6.23. The van der Waals surface area contributed by atoms with Crippen molar-refractivity contribution < 1.29 is 4.74 Å². The van der Waals surface area contributed by atoms with E-state index in [0.717, 1.165) is 42.9 Å². The second kappa shape index (κ2) is 14.3. The van der Waals surface area contributed by atoms with Gasteiger partial charge in [-0.25, -0.2) is 0 Å². The van der Waals surface area contributed by atoms with Crippen LogP contribution in [0.3, 0.4) is 0 Å². The number of ether oxygens (including phenoxy) is 1.